The Balaban J connectivity index is 0.000000212. The van der Waals surface area contributed by atoms with Crippen LogP contribution in [0.25, 0.3) is 0 Å². The van der Waals surface area contributed by atoms with E-state index in [2.05, 4.69) is 35.5 Å². The number of thiophene rings is 1. The summed E-state index contributed by atoms with van der Waals surface area (Å²) in [5.74, 6) is -3.65. The zero-order chi connectivity index (χ0) is 14.7. The lowest BCUT2D eigenvalue weighted by Crippen LogP contribution is -2.15. The number of carboxylic acids is 2. The number of carboxylic acid groups (broad SMARTS) is 2. The number of nitrogens with zero attached hydrogens (tertiary/aromatic N) is 2. The maximum Gasteiger partial charge on any atom is 0.414 e. The number of allylic oxidation sites excluding steroid dienone is 1. The van der Waals surface area contributed by atoms with Gasteiger partial charge in [-0.25, -0.2) is 9.59 Å². The first-order chi connectivity index (χ1) is 9.47. The lowest BCUT2D eigenvalue weighted by atomic mass is 10.2. The van der Waals surface area contributed by atoms with Gasteiger partial charge in [0.25, 0.3) is 0 Å². The van der Waals surface area contributed by atoms with E-state index in [4.69, 9.17) is 24.8 Å². The van der Waals surface area contributed by atoms with Crippen molar-refractivity contribution < 1.29 is 19.8 Å². The van der Waals surface area contributed by atoms with Crippen LogP contribution in [0.1, 0.15) is 17.8 Å². The highest BCUT2D eigenvalue weighted by atomic mass is 32.2. The highest BCUT2D eigenvalue weighted by molar-refractivity contribution is 8.17. The van der Waals surface area contributed by atoms with Gasteiger partial charge in [-0.2, -0.15) is 0 Å². The fourth-order valence-electron chi connectivity index (χ4n) is 1.73. The molecule has 1 aromatic heterocycles. The van der Waals surface area contributed by atoms with E-state index in [9.17, 15) is 0 Å². The Morgan fingerprint density at radius 2 is 2.10 bits per heavy atom. The molecule has 0 aromatic carbocycles. The number of carbonyl (C=O) groups is 2. The SMILES string of the molecule is CC1=CN2CC(c3cccs3)N=C2S1.O=C(O)C(=O)O. The van der Waals surface area contributed by atoms with Crippen LogP contribution >= 0.6 is 23.1 Å². The predicted molar refractivity (Wildman–Crippen MR) is 77.8 cm³/mol. The molecule has 0 aliphatic carbocycles. The minimum absolute atomic E-state index is 0.363. The van der Waals surface area contributed by atoms with E-state index in [0.717, 1.165) is 6.54 Å². The lowest BCUT2D eigenvalue weighted by molar-refractivity contribution is -0.159. The van der Waals surface area contributed by atoms with Crippen LogP contribution < -0.4 is 0 Å². The Labute approximate surface area is 123 Å². The molecule has 1 aromatic rings. The van der Waals surface area contributed by atoms with E-state index in [1.807, 2.05) is 0 Å². The maximum absolute atomic E-state index is 9.10. The molecule has 3 rings (SSSR count). The number of thioether (sulfide) groups is 1. The third-order valence-corrected chi connectivity index (χ3v) is 4.45. The van der Waals surface area contributed by atoms with Crippen LogP contribution in [0.5, 0.6) is 0 Å². The fourth-order valence-corrected chi connectivity index (χ4v) is 3.38. The monoisotopic (exact) mass is 312 g/mol. The topological polar surface area (TPSA) is 90.2 Å². The average Bonchev–Trinajstić information content (AvgIpc) is 3.02. The molecular formula is C12H12N2O4S2. The molecule has 0 bridgehead atoms. The molecule has 2 N–H and O–H groups in total. The maximum atomic E-state index is 9.10. The lowest BCUT2D eigenvalue weighted by Gasteiger charge is -2.08. The molecule has 1 atom stereocenters. The Morgan fingerprint density at radius 1 is 1.40 bits per heavy atom. The third-order valence-electron chi connectivity index (χ3n) is 2.53. The van der Waals surface area contributed by atoms with Gasteiger partial charge in [0.1, 0.15) is 6.04 Å². The smallest absolute Gasteiger partial charge is 0.414 e. The minimum atomic E-state index is -1.82. The summed E-state index contributed by atoms with van der Waals surface area (Å²) in [4.78, 5) is 27.9. The average molecular weight is 312 g/mol. The van der Waals surface area contributed by atoms with Gasteiger partial charge in [-0.3, -0.25) is 4.99 Å². The summed E-state index contributed by atoms with van der Waals surface area (Å²) in [6, 6.07) is 4.63. The Morgan fingerprint density at radius 3 is 2.60 bits per heavy atom. The molecule has 2 aliphatic rings. The number of fused-ring (bicyclic) bond motifs is 1. The van der Waals surface area contributed by atoms with Crippen LogP contribution in [0.4, 0.5) is 0 Å². The Bertz CT molecular complexity index is 568. The second-order valence-electron chi connectivity index (χ2n) is 4.05. The molecule has 8 heteroatoms. The summed E-state index contributed by atoms with van der Waals surface area (Å²) in [6.07, 6.45) is 2.19. The van der Waals surface area contributed by atoms with E-state index in [1.54, 1.807) is 23.1 Å². The molecule has 0 fully saturated rings. The quantitative estimate of drug-likeness (QED) is 0.773. The third kappa shape index (κ3) is 3.40. The molecule has 0 spiro atoms. The first-order valence-corrected chi connectivity index (χ1v) is 7.37. The van der Waals surface area contributed by atoms with E-state index in [-0.39, 0.29) is 0 Å². The van der Waals surface area contributed by atoms with Crippen LogP contribution in [0.15, 0.2) is 33.6 Å². The van der Waals surface area contributed by atoms with Crippen molar-refractivity contribution in [3.63, 3.8) is 0 Å². The molecule has 0 amide bonds. The van der Waals surface area contributed by atoms with Crippen molar-refractivity contribution in [2.24, 2.45) is 4.99 Å². The molecule has 106 valence electrons. The largest absolute Gasteiger partial charge is 0.473 e. The number of aliphatic carboxylic acids is 2. The second-order valence-corrected chi connectivity index (χ2v) is 6.24. The van der Waals surface area contributed by atoms with Crippen LogP contribution in [0.3, 0.4) is 0 Å². The number of rotatable bonds is 1. The van der Waals surface area contributed by atoms with Crippen LogP contribution in [0, 0.1) is 0 Å². The van der Waals surface area contributed by atoms with E-state index >= 15 is 0 Å². The predicted octanol–water partition coefficient (Wildman–Crippen LogP) is 2.22. The molecule has 0 saturated heterocycles. The van der Waals surface area contributed by atoms with Gasteiger partial charge in [-0.05, 0) is 18.4 Å². The van der Waals surface area contributed by atoms with E-state index in [0.29, 0.717) is 6.04 Å². The summed E-state index contributed by atoms with van der Waals surface area (Å²) in [6.45, 7) is 3.14. The highest BCUT2D eigenvalue weighted by Crippen LogP contribution is 2.37. The van der Waals surface area contributed by atoms with Crippen molar-refractivity contribution in [2.45, 2.75) is 13.0 Å². The minimum Gasteiger partial charge on any atom is -0.473 e. The Hall–Kier alpha value is -1.80. The van der Waals surface area contributed by atoms with Gasteiger partial charge in [-0.1, -0.05) is 17.8 Å². The van der Waals surface area contributed by atoms with Crippen LogP contribution in [0.2, 0.25) is 0 Å². The number of hydrogen-bond donors (Lipinski definition) is 2. The van der Waals surface area contributed by atoms with Gasteiger partial charge in [0.15, 0.2) is 5.17 Å². The second kappa shape index (κ2) is 6.10. The molecule has 6 nitrogen and oxygen atoms in total. The molecule has 0 saturated carbocycles. The molecule has 20 heavy (non-hydrogen) atoms. The van der Waals surface area contributed by atoms with Gasteiger partial charge in [0.05, 0.1) is 6.54 Å². The number of aliphatic imine (C=N–C) groups is 1. The summed E-state index contributed by atoms with van der Waals surface area (Å²) in [5.41, 5.74) is 0. The van der Waals surface area contributed by atoms with Crippen LogP contribution in [-0.4, -0.2) is 38.8 Å². The van der Waals surface area contributed by atoms with Crippen molar-refractivity contribution >= 4 is 40.2 Å². The van der Waals surface area contributed by atoms with E-state index < -0.39 is 11.9 Å². The standard InChI is InChI=1S/C10H10N2S2.C2H2O4/c1-7-5-12-6-8(11-10(12)14-7)9-3-2-4-13-9;3-1(4)2(5)6/h2-5,8H,6H2,1H3;(H,3,4)(H,5,6). The fraction of sp³-hybridized carbons (Fsp3) is 0.250. The molecule has 3 heterocycles. The molecular weight excluding hydrogens is 300 g/mol. The van der Waals surface area contributed by atoms with Gasteiger partial charge < -0.3 is 15.1 Å². The zero-order valence-corrected chi connectivity index (χ0v) is 12.1. The Kier molecular flexibility index (Phi) is 4.46. The van der Waals surface area contributed by atoms with Crippen molar-refractivity contribution in [1.82, 2.24) is 4.90 Å². The van der Waals surface area contributed by atoms with Gasteiger partial charge in [-0.15, -0.1) is 11.3 Å². The first-order valence-electron chi connectivity index (χ1n) is 5.67. The highest BCUT2D eigenvalue weighted by Gasteiger charge is 2.29. The molecule has 0 radical (unpaired) electrons. The van der Waals surface area contributed by atoms with Crippen molar-refractivity contribution in [3.05, 3.63) is 33.5 Å². The van der Waals surface area contributed by atoms with Crippen molar-refractivity contribution in [2.75, 3.05) is 6.54 Å². The summed E-state index contributed by atoms with van der Waals surface area (Å²) in [7, 11) is 0. The van der Waals surface area contributed by atoms with E-state index in [1.165, 1.54) is 14.9 Å². The normalized spacial score (nSPS) is 19.6. The zero-order valence-electron chi connectivity index (χ0n) is 10.5. The number of hydrogen-bond acceptors (Lipinski definition) is 6. The van der Waals surface area contributed by atoms with Gasteiger partial charge >= 0.3 is 11.9 Å². The van der Waals surface area contributed by atoms with Crippen molar-refractivity contribution in [3.8, 4) is 0 Å². The van der Waals surface area contributed by atoms with Crippen molar-refractivity contribution in [1.29, 1.82) is 0 Å². The van der Waals surface area contributed by atoms with Gasteiger partial charge in [0.2, 0.25) is 0 Å². The summed E-state index contributed by atoms with van der Waals surface area (Å²) >= 11 is 3.57. The summed E-state index contributed by atoms with van der Waals surface area (Å²) < 4.78 is 0. The summed E-state index contributed by atoms with van der Waals surface area (Å²) in [5, 5.41) is 18.1. The first kappa shape index (κ1) is 14.6. The van der Waals surface area contributed by atoms with Gasteiger partial charge in [0, 0.05) is 16.0 Å². The molecule has 1 unspecified atom stereocenters. The molecule has 2 aliphatic heterocycles. The van der Waals surface area contributed by atoms with Crippen LogP contribution in [-0.2, 0) is 9.59 Å². The number of amidine groups is 1.